The van der Waals surface area contributed by atoms with Crippen molar-refractivity contribution in [3.8, 4) is 0 Å². The van der Waals surface area contributed by atoms with E-state index in [2.05, 4.69) is 4.98 Å². The summed E-state index contributed by atoms with van der Waals surface area (Å²) in [7, 11) is 0. The van der Waals surface area contributed by atoms with Gasteiger partial charge in [-0.3, -0.25) is 14.6 Å². The molecular formula is C16H19N3O3. The van der Waals surface area contributed by atoms with Crippen molar-refractivity contribution in [2.75, 3.05) is 37.7 Å². The monoisotopic (exact) mass is 301 g/mol. The van der Waals surface area contributed by atoms with Crippen LogP contribution < -0.4 is 4.90 Å². The Hall–Kier alpha value is -1.95. The van der Waals surface area contributed by atoms with Crippen molar-refractivity contribution < 1.29 is 14.3 Å². The van der Waals surface area contributed by atoms with Crippen LogP contribution in [0.1, 0.15) is 6.42 Å². The van der Waals surface area contributed by atoms with Crippen molar-refractivity contribution >= 4 is 17.5 Å². The van der Waals surface area contributed by atoms with E-state index < -0.39 is 0 Å². The number of ether oxygens (including phenoxy) is 1. The van der Waals surface area contributed by atoms with Gasteiger partial charge >= 0.3 is 0 Å². The summed E-state index contributed by atoms with van der Waals surface area (Å²) >= 11 is 0. The largest absolute Gasteiger partial charge is 0.381 e. The Morgan fingerprint density at radius 3 is 2.91 bits per heavy atom. The van der Waals surface area contributed by atoms with Crippen LogP contribution in [0.25, 0.3) is 0 Å². The summed E-state index contributed by atoms with van der Waals surface area (Å²) in [6.45, 7) is 3.11. The third-order valence-electron chi connectivity index (χ3n) is 4.99. The van der Waals surface area contributed by atoms with Gasteiger partial charge in [-0.2, -0.15) is 0 Å². The Morgan fingerprint density at radius 2 is 2.23 bits per heavy atom. The smallest absolute Gasteiger partial charge is 0.232 e. The number of nitrogens with zero attached hydrogens (tertiary/aromatic N) is 3. The Labute approximate surface area is 129 Å². The van der Waals surface area contributed by atoms with E-state index in [1.54, 1.807) is 12.4 Å². The maximum atomic E-state index is 12.6. The molecule has 0 aromatic carbocycles. The second-order valence-corrected chi connectivity index (χ2v) is 6.33. The number of anilines is 1. The molecule has 0 radical (unpaired) electrons. The summed E-state index contributed by atoms with van der Waals surface area (Å²) in [5, 5.41) is 0. The van der Waals surface area contributed by atoms with Gasteiger partial charge in [0, 0.05) is 38.4 Å². The molecule has 3 aliphatic heterocycles. The zero-order chi connectivity index (χ0) is 15.1. The topological polar surface area (TPSA) is 62.7 Å². The number of aromatic nitrogens is 1. The van der Waals surface area contributed by atoms with Crippen LogP contribution in [0.5, 0.6) is 0 Å². The molecule has 0 bridgehead atoms. The highest BCUT2D eigenvalue weighted by Crippen LogP contribution is 2.35. The third kappa shape index (κ3) is 2.18. The first-order chi connectivity index (χ1) is 10.7. The van der Waals surface area contributed by atoms with Crippen molar-refractivity contribution in [3.63, 3.8) is 0 Å². The molecule has 4 rings (SSSR count). The van der Waals surface area contributed by atoms with Crippen LogP contribution in [0.15, 0.2) is 24.5 Å². The Kier molecular flexibility index (Phi) is 3.33. The van der Waals surface area contributed by atoms with Crippen LogP contribution in [0, 0.1) is 17.8 Å². The number of carbonyl (C=O) groups is 2. The van der Waals surface area contributed by atoms with E-state index in [-0.39, 0.29) is 29.6 Å². The molecule has 1 unspecified atom stereocenters. The number of fused-ring (bicyclic) bond motifs is 1. The number of carbonyl (C=O) groups excluding carboxylic acids is 2. The molecule has 1 aromatic heterocycles. The number of amides is 2. The zero-order valence-electron chi connectivity index (χ0n) is 12.4. The summed E-state index contributed by atoms with van der Waals surface area (Å²) in [6.07, 6.45) is 4.23. The average molecular weight is 301 g/mol. The van der Waals surface area contributed by atoms with E-state index in [1.807, 2.05) is 21.9 Å². The number of rotatable bonds is 2. The number of hydrogen-bond donors (Lipinski definition) is 0. The molecule has 2 amide bonds. The molecular weight excluding hydrogens is 282 g/mol. The predicted octanol–water partition coefficient (Wildman–Crippen LogP) is 0.539. The normalized spacial score (nSPS) is 30.9. The molecule has 4 heterocycles. The summed E-state index contributed by atoms with van der Waals surface area (Å²) in [5.74, 6) is 0.442. The van der Waals surface area contributed by atoms with Crippen molar-refractivity contribution in [1.29, 1.82) is 0 Å². The van der Waals surface area contributed by atoms with Crippen LogP contribution in [-0.2, 0) is 14.3 Å². The molecule has 6 nitrogen and oxygen atoms in total. The SMILES string of the molecule is O=C(C1CCOC1)N1C[C@H]2CN(c3cccnc3)C(=O)[C@H]2C1. The van der Waals surface area contributed by atoms with Crippen LogP contribution in [0.2, 0.25) is 0 Å². The predicted molar refractivity (Wildman–Crippen MR) is 79.1 cm³/mol. The van der Waals surface area contributed by atoms with Gasteiger partial charge in [0.2, 0.25) is 11.8 Å². The lowest BCUT2D eigenvalue weighted by molar-refractivity contribution is -0.134. The Bertz CT molecular complexity index is 586. The van der Waals surface area contributed by atoms with E-state index in [1.165, 1.54) is 0 Å². The maximum absolute atomic E-state index is 12.6. The molecule has 1 aromatic rings. The lowest BCUT2D eigenvalue weighted by atomic mass is 10.0. The molecule has 0 spiro atoms. The first kappa shape index (κ1) is 13.7. The van der Waals surface area contributed by atoms with Gasteiger partial charge in [0.15, 0.2) is 0 Å². The zero-order valence-corrected chi connectivity index (χ0v) is 12.4. The van der Waals surface area contributed by atoms with E-state index in [9.17, 15) is 9.59 Å². The van der Waals surface area contributed by atoms with Crippen LogP contribution in [-0.4, -0.2) is 54.5 Å². The minimum absolute atomic E-state index is 0.0108. The minimum Gasteiger partial charge on any atom is -0.381 e. The molecule has 22 heavy (non-hydrogen) atoms. The summed E-state index contributed by atoms with van der Waals surface area (Å²) in [5.41, 5.74) is 0.851. The molecule has 3 atom stereocenters. The second-order valence-electron chi connectivity index (χ2n) is 6.33. The van der Waals surface area contributed by atoms with Gasteiger partial charge in [-0.15, -0.1) is 0 Å². The van der Waals surface area contributed by atoms with E-state index in [0.29, 0.717) is 32.8 Å². The molecule has 3 fully saturated rings. The summed E-state index contributed by atoms with van der Waals surface area (Å²) in [4.78, 5) is 32.8. The molecule has 3 aliphatic rings. The fourth-order valence-electron chi connectivity index (χ4n) is 3.77. The van der Waals surface area contributed by atoms with Crippen molar-refractivity contribution in [3.05, 3.63) is 24.5 Å². The highest BCUT2D eigenvalue weighted by molar-refractivity contribution is 5.98. The van der Waals surface area contributed by atoms with Crippen LogP contribution >= 0.6 is 0 Å². The van der Waals surface area contributed by atoms with Gasteiger partial charge in [0.1, 0.15) is 0 Å². The van der Waals surface area contributed by atoms with Crippen molar-refractivity contribution in [2.45, 2.75) is 6.42 Å². The van der Waals surface area contributed by atoms with E-state index >= 15 is 0 Å². The van der Waals surface area contributed by atoms with Gasteiger partial charge in [0.25, 0.3) is 0 Å². The average Bonchev–Trinajstić information content (AvgIpc) is 3.25. The van der Waals surface area contributed by atoms with Crippen molar-refractivity contribution in [1.82, 2.24) is 9.88 Å². The first-order valence-corrected chi connectivity index (χ1v) is 7.82. The molecule has 3 saturated heterocycles. The fourth-order valence-corrected chi connectivity index (χ4v) is 3.77. The quantitative estimate of drug-likeness (QED) is 0.800. The fraction of sp³-hybridized carbons (Fsp3) is 0.562. The van der Waals surface area contributed by atoms with Gasteiger partial charge < -0.3 is 14.5 Å². The third-order valence-corrected chi connectivity index (χ3v) is 4.99. The Balaban J connectivity index is 1.45. The lowest BCUT2D eigenvalue weighted by Crippen LogP contribution is -2.38. The molecule has 116 valence electrons. The molecule has 6 heteroatoms. The van der Waals surface area contributed by atoms with Gasteiger partial charge in [-0.05, 0) is 18.6 Å². The molecule has 0 aliphatic carbocycles. The highest BCUT2D eigenvalue weighted by Gasteiger charge is 2.48. The highest BCUT2D eigenvalue weighted by atomic mass is 16.5. The molecule has 0 saturated carbocycles. The van der Waals surface area contributed by atoms with Gasteiger partial charge in [-0.1, -0.05) is 0 Å². The Morgan fingerprint density at radius 1 is 1.32 bits per heavy atom. The van der Waals surface area contributed by atoms with Crippen molar-refractivity contribution in [2.24, 2.45) is 17.8 Å². The van der Waals surface area contributed by atoms with Gasteiger partial charge in [0.05, 0.1) is 30.3 Å². The van der Waals surface area contributed by atoms with Crippen LogP contribution in [0.3, 0.4) is 0 Å². The summed E-state index contributed by atoms with van der Waals surface area (Å²) < 4.78 is 5.30. The number of hydrogen-bond acceptors (Lipinski definition) is 4. The number of pyridine rings is 1. The second kappa shape index (κ2) is 5.35. The van der Waals surface area contributed by atoms with E-state index in [0.717, 1.165) is 12.1 Å². The molecule has 0 N–H and O–H groups in total. The summed E-state index contributed by atoms with van der Waals surface area (Å²) in [6, 6.07) is 3.75. The van der Waals surface area contributed by atoms with E-state index in [4.69, 9.17) is 4.74 Å². The standard InChI is InChI=1S/C16H19N3O3/c20-15(11-3-5-22-10-11)18-7-12-8-19(16(21)14(12)9-18)13-2-1-4-17-6-13/h1-2,4,6,11-12,14H,3,5,7-10H2/t11?,12-,14-/m0/s1. The van der Waals surface area contributed by atoms with Crippen LogP contribution in [0.4, 0.5) is 5.69 Å². The lowest BCUT2D eigenvalue weighted by Gasteiger charge is -2.23. The van der Waals surface area contributed by atoms with Gasteiger partial charge in [-0.25, -0.2) is 0 Å². The maximum Gasteiger partial charge on any atom is 0.232 e. The minimum atomic E-state index is -0.0634. The number of likely N-dealkylation sites (tertiary alicyclic amines) is 1. The first-order valence-electron chi connectivity index (χ1n) is 7.82.